The van der Waals surface area contributed by atoms with Crippen LogP contribution >= 0.6 is 0 Å². The van der Waals surface area contributed by atoms with E-state index in [2.05, 4.69) is 21.0 Å². The van der Waals surface area contributed by atoms with Crippen LogP contribution in [0.1, 0.15) is 16.1 Å². The highest BCUT2D eigenvalue weighted by atomic mass is 19.1. The van der Waals surface area contributed by atoms with Crippen molar-refractivity contribution in [1.82, 2.24) is 19.9 Å². The van der Waals surface area contributed by atoms with Gasteiger partial charge in [0.25, 0.3) is 5.91 Å². The lowest BCUT2D eigenvalue weighted by atomic mass is 10.0. The molecule has 1 fully saturated rings. The van der Waals surface area contributed by atoms with Crippen molar-refractivity contribution >= 4 is 17.5 Å². The van der Waals surface area contributed by atoms with Crippen LogP contribution in [-0.4, -0.2) is 51.9 Å². The zero-order chi connectivity index (χ0) is 23.7. The average molecular weight is 457 g/mol. The summed E-state index contributed by atoms with van der Waals surface area (Å²) < 4.78 is 14.1. The SMILES string of the molecule is Cc1cccc(-c2cnc(N)nc2-c2c[nH]c(C(=O)N3CCN(c4ccccc4F)CC3)c2)c1. The Bertz CT molecular complexity index is 1340. The Morgan fingerprint density at radius 2 is 1.82 bits per heavy atom. The fourth-order valence-electron chi connectivity index (χ4n) is 4.32. The number of nitrogens with two attached hydrogens (primary N) is 1. The molecule has 0 aliphatic carbocycles. The minimum atomic E-state index is -0.246. The van der Waals surface area contributed by atoms with Gasteiger partial charge in [-0.15, -0.1) is 0 Å². The number of rotatable bonds is 4. The van der Waals surface area contributed by atoms with Gasteiger partial charge in [0.1, 0.15) is 11.5 Å². The Morgan fingerprint density at radius 1 is 1.03 bits per heavy atom. The smallest absolute Gasteiger partial charge is 0.270 e. The maximum absolute atomic E-state index is 14.1. The molecule has 0 radical (unpaired) electrons. The van der Waals surface area contributed by atoms with Crippen LogP contribution < -0.4 is 10.6 Å². The van der Waals surface area contributed by atoms with E-state index in [1.54, 1.807) is 35.5 Å². The molecule has 1 saturated heterocycles. The molecule has 1 amide bonds. The standard InChI is InChI=1S/C26H25FN6O/c1-17-5-4-6-18(13-17)20-16-30-26(28)31-24(20)19-14-22(29-15-19)25(34)33-11-9-32(10-12-33)23-8-3-2-7-21(23)27/h2-8,13-16,29H,9-12H2,1H3,(H2,28,30,31). The van der Waals surface area contributed by atoms with Crippen molar-refractivity contribution in [1.29, 1.82) is 0 Å². The van der Waals surface area contributed by atoms with Crippen LogP contribution in [0.15, 0.2) is 67.0 Å². The number of amides is 1. The Kier molecular flexibility index (Phi) is 5.71. The number of carbonyl (C=O) groups excluding carboxylic acids is 1. The largest absolute Gasteiger partial charge is 0.368 e. The number of carbonyl (C=O) groups is 1. The Morgan fingerprint density at radius 3 is 2.59 bits per heavy atom. The maximum Gasteiger partial charge on any atom is 0.270 e. The number of aromatic nitrogens is 3. The fourth-order valence-corrected chi connectivity index (χ4v) is 4.32. The molecule has 2 aromatic carbocycles. The molecule has 1 aliphatic heterocycles. The zero-order valence-electron chi connectivity index (χ0n) is 18.8. The third-order valence-corrected chi connectivity index (χ3v) is 6.08. The minimum Gasteiger partial charge on any atom is -0.368 e. The van der Waals surface area contributed by atoms with Crippen molar-refractivity contribution < 1.29 is 9.18 Å². The van der Waals surface area contributed by atoms with Crippen molar-refractivity contribution in [3.8, 4) is 22.4 Å². The van der Waals surface area contributed by atoms with Crippen molar-refractivity contribution in [3.63, 3.8) is 0 Å². The van der Waals surface area contributed by atoms with Crippen LogP contribution in [0.5, 0.6) is 0 Å². The Balaban J connectivity index is 1.35. The molecule has 4 aromatic rings. The molecule has 0 spiro atoms. The van der Waals surface area contributed by atoms with E-state index in [4.69, 9.17) is 5.73 Å². The molecule has 0 bridgehead atoms. The van der Waals surface area contributed by atoms with Crippen LogP contribution in [0, 0.1) is 12.7 Å². The molecule has 0 unspecified atom stereocenters. The highest BCUT2D eigenvalue weighted by Gasteiger charge is 2.25. The predicted octanol–water partition coefficient (Wildman–Crippen LogP) is 4.13. The summed E-state index contributed by atoms with van der Waals surface area (Å²) in [6.45, 7) is 4.19. The average Bonchev–Trinajstić information content (AvgIpc) is 3.34. The normalized spacial score (nSPS) is 13.8. The molecule has 5 rings (SSSR count). The second-order valence-electron chi connectivity index (χ2n) is 8.39. The van der Waals surface area contributed by atoms with Crippen LogP contribution in [0.4, 0.5) is 16.0 Å². The van der Waals surface area contributed by atoms with E-state index < -0.39 is 0 Å². The van der Waals surface area contributed by atoms with Gasteiger partial charge in [-0.05, 0) is 30.7 Å². The van der Waals surface area contributed by atoms with Gasteiger partial charge < -0.3 is 20.5 Å². The minimum absolute atomic E-state index is 0.0985. The molecular weight excluding hydrogens is 431 g/mol. The van der Waals surface area contributed by atoms with E-state index in [-0.39, 0.29) is 17.7 Å². The summed E-state index contributed by atoms with van der Waals surface area (Å²) in [7, 11) is 0. The first-order valence-corrected chi connectivity index (χ1v) is 11.2. The van der Waals surface area contributed by atoms with E-state index in [9.17, 15) is 9.18 Å². The van der Waals surface area contributed by atoms with E-state index >= 15 is 0 Å². The quantitative estimate of drug-likeness (QED) is 0.482. The first-order chi connectivity index (χ1) is 16.5. The van der Waals surface area contributed by atoms with E-state index in [0.717, 1.165) is 22.3 Å². The van der Waals surface area contributed by atoms with Crippen LogP contribution in [0.2, 0.25) is 0 Å². The number of hydrogen-bond acceptors (Lipinski definition) is 5. The number of para-hydroxylation sites is 1. The van der Waals surface area contributed by atoms with Gasteiger partial charge in [0.15, 0.2) is 0 Å². The van der Waals surface area contributed by atoms with E-state index in [0.29, 0.717) is 43.3 Å². The molecule has 0 saturated carbocycles. The highest BCUT2D eigenvalue weighted by Crippen LogP contribution is 2.31. The molecule has 7 nitrogen and oxygen atoms in total. The van der Waals surface area contributed by atoms with Gasteiger partial charge in [-0.2, -0.15) is 0 Å². The summed E-state index contributed by atoms with van der Waals surface area (Å²) in [4.78, 5) is 28.7. The van der Waals surface area contributed by atoms with Gasteiger partial charge in [-0.3, -0.25) is 4.79 Å². The summed E-state index contributed by atoms with van der Waals surface area (Å²) in [6.07, 6.45) is 3.48. The van der Waals surface area contributed by atoms with Gasteiger partial charge in [0.2, 0.25) is 5.95 Å². The highest BCUT2D eigenvalue weighted by molar-refractivity contribution is 5.95. The molecule has 3 heterocycles. The molecular formula is C26H25FN6O. The van der Waals surface area contributed by atoms with Crippen molar-refractivity contribution in [2.75, 3.05) is 36.8 Å². The van der Waals surface area contributed by atoms with Crippen LogP contribution in [0.25, 0.3) is 22.4 Å². The van der Waals surface area contributed by atoms with Crippen molar-refractivity contribution in [2.24, 2.45) is 0 Å². The lowest BCUT2D eigenvalue weighted by Gasteiger charge is -2.36. The first kappa shape index (κ1) is 21.6. The van der Waals surface area contributed by atoms with Gasteiger partial charge in [-0.1, -0.05) is 42.0 Å². The van der Waals surface area contributed by atoms with Gasteiger partial charge in [0.05, 0.1) is 11.4 Å². The molecule has 172 valence electrons. The predicted molar refractivity (Wildman–Crippen MR) is 131 cm³/mol. The molecule has 2 aromatic heterocycles. The molecule has 8 heteroatoms. The number of aromatic amines is 1. The molecule has 3 N–H and O–H groups in total. The first-order valence-electron chi connectivity index (χ1n) is 11.2. The summed E-state index contributed by atoms with van der Waals surface area (Å²) in [5.41, 5.74) is 11.3. The monoisotopic (exact) mass is 456 g/mol. The summed E-state index contributed by atoms with van der Waals surface area (Å²) in [6, 6.07) is 16.6. The van der Waals surface area contributed by atoms with Gasteiger partial charge >= 0.3 is 0 Å². The number of nitrogen functional groups attached to an aromatic ring is 1. The lowest BCUT2D eigenvalue weighted by Crippen LogP contribution is -2.49. The maximum atomic E-state index is 14.1. The number of benzene rings is 2. The van der Waals surface area contributed by atoms with Gasteiger partial charge in [0, 0.05) is 49.7 Å². The fraction of sp³-hybridized carbons (Fsp3) is 0.192. The number of aryl methyl sites for hydroxylation is 1. The molecule has 34 heavy (non-hydrogen) atoms. The lowest BCUT2D eigenvalue weighted by molar-refractivity contribution is 0.0741. The summed E-state index contributed by atoms with van der Waals surface area (Å²) in [5, 5.41) is 0. The molecule has 1 aliphatic rings. The van der Waals surface area contributed by atoms with Crippen LogP contribution in [-0.2, 0) is 0 Å². The number of anilines is 2. The molecule has 0 atom stereocenters. The number of piperazine rings is 1. The second-order valence-corrected chi connectivity index (χ2v) is 8.39. The number of hydrogen-bond donors (Lipinski definition) is 2. The number of nitrogens with one attached hydrogen (secondary N) is 1. The number of H-pyrrole nitrogens is 1. The summed E-state index contributed by atoms with van der Waals surface area (Å²) >= 11 is 0. The van der Waals surface area contributed by atoms with E-state index in [1.807, 2.05) is 36.1 Å². The van der Waals surface area contributed by atoms with E-state index in [1.165, 1.54) is 6.07 Å². The third-order valence-electron chi connectivity index (χ3n) is 6.08. The van der Waals surface area contributed by atoms with Crippen molar-refractivity contribution in [2.45, 2.75) is 6.92 Å². The van der Waals surface area contributed by atoms with Crippen molar-refractivity contribution in [3.05, 3.63) is 84.1 Å². The number of halogens is 1. The topological polar surface area (TPSA) is 91.1 Å². The second kappa shape index (κ2) is 8.97. The Labute approximate surface area is 197 Å². The summed E-state index contributed by atoms with van der Waals surface area (Å²) in [5.74, 6) is -0.173. The zero-order valence-corrected chi connectivity index (χ0v) is 18.8. The number of nitrogens with zero attached hydrogens (tertiary/aromatic N) is 4. The third kappa shape index (κ3) is 4.22. The van der Waals surface area contributed by atoms with Crippen LogP contribution in [0.3, 0.4) is 0 Å². The Hall–Kier alpha value is -4.20. The van der Waals surface area contributed by atoms with Gasteiger partial charge in [-0.25, -0.2) is 14.4 Å².